The van der Waals surface area contributed by atoms with Crippen molar-refractivity contribution in [2.75, 3.05) is 0 Å². The topological polar surface area (TPSA) is 50.7 Å². The second-order valence-electron chi connectivity index (χ2n) is 3.58. The molecule has 0 saturated heterocycles. The van der Waals surface area contributed by atoms with E-state index in [-0.39, 0.29) is 11.2 Å². The molecule has 0 aliphatic rings. The summed E-state index contributed by atoms with van der Waals surface area (Å²) in [5.74, 6) is 0.725. The Morgan fingerprint density at radius 1 is 1.45 bits per heavy atom. The zero-order valence-corrected chi connectivity index (χ0v) is 7.30. The van der Waals surface area contributed by atoms with Gasteiger partial charge in [-0.15, -0.1) is 0 Å². The molecule has 0 fully saturated rings. The summed E-state index contributed by atoms with van der Waals surface area (Å²) in [7, 11) is 0. The fourth-order valence-corrected chi connectivity index (χ4v) is 1.05. The molecule has 1 aromatic heterocycles. The fraction of sp³-hybridized carbons (Fsp3) is 0.714. The van der Waals surface area contributed by atoms with Gasteiger partial charge in [0.05, 0.1) is 5.54 Å². The van der Waals surface area contributed by atoms with Crippen LogP contribution >= 0.6 is 0 Å². The van der Waals surface area contributed by atoms with Gasteiger partial charge in [-0.25, -0.2) is 9.89 Å². The van der Waals surface area contributed by atoms with E-state index in [1.165, 1.54) is 0 Å². The first-order chi connectivity index (χ1) is 4.91. The van der Waals surface area contributed by atoms with E-state index < -0.39 is 0 Å². The Morgan fingerprint density at radius 2 is 2.00 bits per heavy atom. The van der Waals surface area contributed by atoms with E-state index in [0.29, 0.717) is 0 Å². The van der Waals surface area contributed by atoms with Gasteiger partial charge < -0.3 is 0 Å². The minimum absolute atomic E-state index is 0.0975. The third-order valence-electron chi connectivity index (χ3n) is 1.47. The Labute approximate surface area is 65.2 Å². The van der Waals surface area contributed by atoms with Gasteiger partial charge in [-0.2, -0.15) is 4.98 Å². The monoisotopic (exact) mass is 155 g/mol. The standard InChI is InChI=1S/C7H13N3O/c1-5-8-6(11)9-10(5)7(2,3)4/h1-4H3,(H,9,11). The van der Waals surface area contributed by atoms with E-state index in [0.717, 1.165) is 5.82 Å². The predicted octanol–water partition coefficient (Wildman–Crippen LogP) is 0.635. The molecule has 0 aliphatic heterocycles. The smallest absolute Gasteiger partial charge is 0.265 e. The second-order valence-corrected chi connectivity index (χ2v) is 3.58. The van der Waals surface area contributed by atoms with Crippen LogP contribution in [0.25, 0.3) is 0 Å². The van der Waals surface area contributed by atoms with Gasteiger partial charge in [-0.1, -0.05) is 0 Å². The highest BCUT2D eigenvalue weighted by Gasteiger charge is 2.15. The molecule has 0 amide bonds. The number of hydrogen-bond acceptors (Lipinski definition) is 2. The van der Waals surface area contributed by atoms with Gasteiger partial charge in [0.2, 0.25) is 0 Å². The van der Waals surface area contributed by atoms with Crippen LogP contribution in [0.15, 0.2) is 4.79 Å². The lowest BCUT2D eigenvalue weighted by atomic mass is 10.1. The molecule has 4 nitrogen and oxygen atoms in total. The summed E-state index contributed by atoms with van der Waals surface area (Å²) in [5.41, 5.74) is -0.378. The molecule has 0 bridgehead atoms. The maximum absolute atomic E-state index is 10.8. The summed E-state index contributed by atoms with van der Waals surface area (Å²) in [5, 5.41) is 2.63. The number of aryl methyl sites for hydroxylation is 1. The molecular formula is C7H13N3O. The summed E-state index contributed by atoms with van der Waals surface area (Å²) < 4.78 is 1.76. The predicted molar refractivity (Wildman–Crippen MR) is 42.6 cm³/mol. The highest BCUT2D eigenvalue weighted by atomic mass is 16.1. The van der Waals surface area contributed by atoms with E-state index in [2.05, 4.69) is 10.1 Å². The lowest BCUT2D eigenvalue weighted by Gasteiger charge is -2.20. The van der Waals surface area contributed by atoms with Crippen LogP contribution in [0, 0.1) is 6.92 Å². The molecule has 0 unspecified atom stereocenters. The van der Waals surface area contributed by atoms with Gasteiger partial charge in [-0.3, -0.25) is 4.68 Å². The van der Waals surface area contributed by atoms with Crippen molar-refractivity contribution in [3.05, 3.63) is 16.3 Å². The van der Waals surface area contributed by atoms with Crippen LogP contribution in [-0.4, -0.2) is 14.8 Å². The van der Waals surface area contributed by atoms with Crippen LogP contribution in [0.2, 0.25) is 0 Å². The maximum atomic E-state index is 10.8. The maximum Gasteiger partial charge on any atom is 0.361 e. The summed E-state index contributed by atoms with van der Waals surface area (Å²) >= 11 is 0. The average molecular weight is 155 g/mol. The fourth-order valence-electron chi connectivity index (χ4n) is 1.05. The zero-order chi connectivity index (χ0) is 8.65. The first-order valence-corrected chi connectivity index (χ1v) is 3.57. The Morgan fingerprint density at radius 3 is 2.18 bits per heavy atom. The summed E-state index contributed by atoms with van der Waals surface area (Å²) in [4.78, 5) is 14.5. The molecule has 62 valence electrons. The van der Waals surface area contributed by atoms with Crippen LogP contribution < -0.4 is 5.69 Å². The molecule has 0 saturated carbocycles. The van der Waals surface area contributed by atoms with Crippen LogP contribution in [-0.2, 0) is 5.54 Å². The number of aromatic amines is 1. The Kier molecular flexibility index (Phi) is 1.62. The Balaban J connectivity index is 3.24. The molecule has 0 spiro atoms. The van der Waals surface area contributed by atoms with E-state index >= 15 is 0 Å². The lowest BCUT2D eigenvalue weighted by Crippen LogP contribution is -2.25. The Bertz CT molecular complexity index is 302. The largest absolute Gasteiger partial charge is 0.361 e. The highest BCUT2D eigenvalue weighted by molar-refractivity contribution is 4.85. The molecule has 0 atom stereocenters. The number of nitrogens with one attached hydrogen (secondary N) is 1. The molecular weight excluding hydrogens is 142 g/mol. The van der Waals surface area contributed by atoms with Crippen LogP contribution in [0.3, 0.4) is 0 Å². The minimum Gasteiger partial charge on any atom is -0.265 e. The van der Waals surface area contributed by atoms with Crippen molar-refractivity contribution in [3.63, 3.8) is 0 Å². The second kappa shape index (κ2) is 2.22. The van der Waals surface area contributed by atoms with E-state index in [9.17, 15) is 4.79 Å². The van der Waals surface area contributed by atoms with E-state index in [4.69, 9.17) is 0 Å². The number of hydrogen-bond donors (Lipinski definition) is 1. The SMILES string of the molecule is Cc1nc(=O)[nH]n1C(C)(C)C. The van der Waals surface area contributed by atoms with Crippen molar-refractivity contribution in [2.24, 2.45) is 0 Å². The van der Waals surface area contributed by atoms with Gasteiger partial charge in [0.1, 0.15) is 5.82 Å². The van der Waals surface area contributed by atoms with Crippen molar-refractivity contribution >= 4 is 0 Å². The third kappa shape index (κ3) is 1.50. The molecule has 4 heteroatoms. The van der Waals surface area contributed by atoms with Crippen molar-refractivity contribution in [2.45, 2.75) is 33.2 Å². The van der Waals surface area contributed by atoms with Crippen molar-refractivity contribution in [1.82, 2.24) is 14.8 Å². The van der Waals surface area contributed by atoms with E-state index in [1.54, 1.807) is 4.68 Å². The highest BCUT2D eigenvalue weighted by Crippen LogP contribution is 2.11. The number of nitrogens with zero attached hydrogens (tertiary/aromatic N) is 2. The normalized spacial score (nSPS) is 12.0. The number of aromatic nitrogens is 3. The lowest BCUT2D eigenvalue weighted by molar-refractivity contribution is 0.345. The molecule has 11 heavy (non-hydrogen) atoms. The van der Waals surface area contributed by atoms with Crippen LogP contribution in [0.4, 0.5) is 0 Å². The molecule has 1 heterocycles. The summed E-state index contributed by atoms with van der Waals surface area (Å²) in [6.07, 6.45) is 0. The van der Waals surface area contributed by atoms with Gasteiger partial charge in [0.25, 0.3) is 0 Å². The minimum atomic E-state index is -0.280. The summed E-state index contributed by atoms with van der Waals surface area (Å²) in [6, 6.07) is 0. The van der Waals surface area contributed by atoms with Crippen LogP contribution in [0.5, 0.6) is 0 Å². The van der Waals surface area contributed by atoms with Crippen LogP contribution in [0.1, 0.15) is 26.6 Å². The average Bonchev–Trinajstić information content (AvgIpc) is 2.08. The summed E-state index contributed by atoms with van der Waals surface area (Å²) in [6.45, 7) is 7.84. The molecule has 0 aliphatic carbocycles. The molecule has 0 aromatic carbocycles. The van der Waals surface area contributed by atoms with Gasteiger partial charge in [0.15, 0.2) is 0 Å². The van der Waals surface area contributed by atoms with Gasteiger partial charge in [-0.05, 0) is 27.7 Å². The van der Waals surface area contributed by atoms with Gasteiger partial charge in [0, 0.05) is 0 Å². The zero-order valence-electron chi connectivity index (χ0n) is 7.30. The molecule has 0 radical (unpaired) electrons. The van der Waals surface area contributed by atoms with Crippen molar-refractivity contribution in [1.29, 1.82) is 0 Å². The van der Waals surface area contributed by atoms with Crippen molar-refractivity contribution in [3.8, 4) is 0 Å². The first kappa shape index (κ1) is 8.04. The first-order valence-electron chi connectivity index (χ1n) is 3.57. The number of rotatable bonds is 0. The number of H-pyrrole nitrogens is 1. The molecule has 1 aromatic rings. The third-order valence-corrected chi connectivity index (χ3v) is 1.47. The molecule has 1 rings (SSSR count). The molecule has 1 N–H and O–H groups in total. The quantitative estimate of drug-likeness (QED) is 0.597. The van der Waals surface area contributed by atoms with Crippen molar-refractivity contribution < 1.29 is 0 Å². The van der Waals surface area contributed by atoms with E-state index in [1.807, 2.05) is 27.7 Å². The Hall–Kier alpha value is -1.06. The van der Waals surface area contributed by atoms with Gasteiger partial charge >= 0.3 is 5.69 Å².